The van der Waals surface area contributed by atoms with Gasteiger partial charge in [0.05, 0.1) is 12.7 Å². The van der Waals surface area contributed by atoms with Gasteiger partial charge in [0.1, 0.15) is 11.5 Å². The van der Waals surface area contributed by atoms with E-state index in [-0.39, 0.29) is 5.97 Å². The summed E-state index contributed by atoms with van der Waals surface area (Å²) < 4.78 is 10.6. The second-order valence-corrected chi connectivity index (χ2v) is 5.26. The van der Waals surface area contributed by atoms with Crippen molar-refractivity contribution in [2.75, 3.05) is 7.11 Å². The van der Waals surface area contributed by atoms with Crippen LogP contribution in [0, 0.1) is 0 Å². The third-order valence-electron chi connectivity index (χ3n) is 3.84. The van der Waals surface area contributed by atoms with Gasteiger partial charge in [0.25, 0.3) is 0 Å². The van der Waals surface area contributed by atoms with Crippen LogP contribution in [0.3, 0.4) is 0 Å². The van der Waals surface area contributed by atoms with Crippen molar-refractivity contribution in [1.82, 2.24) is 0 Å². The molecular weight excluding hydrogens is 264 g/mol. The number of fused-ring (bicyclic) bond motifs is 1. The number of aryl methyl sites for hydroxylation is 2. The smallest absolute Gasteiger partial charge is 0.343 e. The molecule has 0 N–H and O–H groups in total. The summed E-state index contributed by atoms with van der Waals surface area (Å²) in [7, 11) is 1.58. The van der Waals surface area contributed by atoms with Gasteiger partial charge in [0, 0.05) is 0 Å². The van der Waals surface area contributed by atoms with Crippen LogP contribution in [0.1, 0.15) is 34.3 Å². The molecule has 3 nitrogen and oxygen atoms in total. The van der Waals surface area contributed by atoms with Crippen LogP contribution in [0.5, 0.6) is 11.5 Å². The normalized spacial score (nSPS) is 13.4. The van der Waals surface area contributed by atoms with Crippen LogP contribution in [0.25, 0.3) is 0 Å². The maximum atomic E-state index is 12.2. The maximum absolute atomic E-state index is 12.2. The Bertz CT molecular complexity index is 661. The molecule has 2 aromatic rings. The minimum absolute atomic E-state index is 0.357. The van der Waals surface area contributed by atoms with Crippen molar-refractivity contribution in [2.45, 2.75) is 25.7 Å². The van der Waals surface area contributed by atoms with E-state index in [1.165, 1.54) is 24.0 Å². The predicted octanol–water partition coefficient (Wildman–Crippen LogP) is 3.79. The molecule has 0 bridgehead atoms. The van der Waals surface area contributed by atoms with Crippen LogP contribution < -0.4 is 9.47 Å². The van der Waals surface area contributed by atoms with E-state index in [2.05, 4.69) is 6.07 Å². The largest absolute Gasteiger partial charge is 0.497 e. The van der Waals surface area contributed by atoms with Crippen LogP contribution in [-0.2, 0) is 12.8 Å². The molecule has 2 aromatic carbocycles. The van der Waals surface area contributed by atoms with Crippen molar-refractivity contribution < 1.29 is 14.3 Å². The Morgan fingerprint density at radius 1 is 0.952 bits per heavy atom. The van der Waals surface area contributed by atoms with Gasteiger partial charge in [0.2, 0.25) is 0 Å². The third-order valence-corrected chi connectivity index (χ3v) is 3.84. The number of hydrogen-bond acceptors (Lipinski definition) is 3. The van der Waals surface area contributed by atoms with Gasteiger partial charge in [-0.15, -0.1) is 0 Å². The van der Waals surface area contributed by atoms with Crippen LogP contribution in [0.4, 0.5) is 0 Å². The number of carbonyl (C=O) groups excluding carboxylic acids is 1. The summed E-state index contributed by atoms with van der Waals surface area (Å²) in [5.74, 6) is 0.906. The van der Waals surface area contributed by atoms with Gasteiger partial charge in [0.15, 0.2) is 0 Å². The second kappa shape index (κ2) is 6.00. The number of rotatable bonds is 3. The van der Waals surface area contributed by atoms with Gasteiger partial charge in [-0.3, -0.25) is 0 Å². The number of methoxy groups -OCH3 is 1. The first kappa shape index (κ1) is 13.7. The van der Waals surface area contributed by atoms with Crippen LogP contribution in [-0.4, -0.2) is 13.1 Å². The molecule has 3 heteroatoms. The van der Waals surface area contributed by atoms with Crippen molar-refractivity contribution in [3.05, 3.63) is 59.2 Å². The summed E-state index contributed by atoms with van der Waals surface area (Å²) in [6.45, 7) is 0. The first-order valence-corrected chi connectivity index (χ1v) is 7.24. The number of carbonyl (C=O) groups is 1. The molecule has 0 saturated heterocycles. The van der Waals surface area contributed by atoms with E-state index < -0.39 is 0 Å². The lowest BCUT2D eigenvalue weighted by molar-refractivity contribution is 0.0734. The van der Waals surface area contributed by atoms with Gasteiger partial charge in [-0.05, 0) is 67.1 Å². The molecule has 0 heterocycles. The molecular formula is C18H18O3. The minimum Gasteiger partial charge on any atom is -0.497 e. The highest BCUT2D eigenvalue weighted by molar-refractivity contribution is 5.91. The van der Waals surface area contributed by atoms with Gasteiger partial charge in [-0.25, -0.2) is 4.79 Å². The monoisotopic (exact) mass is 282 g/mol. The molecule has 0 atom stereocenters. The van der Waals surface area contributed by atoms with Crippen LogP contribution in [0.2, 0.25) is 0 Å². The van der Waals surface area contributed by atoms with Crippen molar-refractivity contribution in [1.29, 1.82) is 0 Å². The van der Waals surface area contributed by atoms with E-state index in [1.807, 2.05) is 12.1 Å². The van der Waals surface area contributed by atoms with Gasteiger partial charge < -0.3 is 9.47 Å². The maximum Gasteiger partial charge on any atom is 0.343 e. The second-order valence-electron chi connectivity index (χ2n) is 5.26. The van der Waals surface area contributed by atoms with Crippen molar-refractivity contribution in [3.8, 4) is 11.5 Å². The average molecular weight is 282 g/mol. The summed E-state index contributed by atoms with van der Waals surface area (Å²) in [4.78, 5) is 12.2. The highest BCUT2D eigenvalue weighted by Crippen LogP contribution is 2.26. The molecule has 21 heavy (non-hydrogen) atoms. The number of esters is 1. The number of benzene rings is 2. The van der Waals surface area contributed by atoms with E-state index in [0.29, 0.717) is 17.1 Å². The van der Waals surface area contributed by atoms with E-state index in [4.69, 9.17) is 9.47 Å². The SMILES string of the molecule is COc1cccc(C(=O)Oc2ccc3c(c2)CCCC3)c1. The van der Waals surface area contributed by atoms with Gasteiger partial charge in [-0.2, -0.15) is 0 Å². The molecule has 0 radical (unpaired) electrons. The molecule has 0 fully saturated rings. The lowest BCUT2D eigenvalue weighted by Gasteiger charge is -2.16. The van der Waals surface area contributed by atoms with E-state index in [1.54, 1.807) is 31.4 Å². The minimum atomic E-state index is -0.357. The Hall–Kier alpha value is -2.29. The Morgan fingerprint density at radius 2 is 1.76 bits per heavy atom. The summed E-state index contributed by atoms with van der Waals surface area (Å²) in [6, 6.07) is 12.9. The van der Waals surface area contributed by atoms with E-state index >= 15 is 0 Å². The van der Waals surface area contributed by atoms with Crippen molar-refractivity contribution in [2.24, 2.45) is 0 Å². The Balaban J connectivity index is 1.78. The first-order chi connectivity index (χ1) is 10.3. The van der Waals surface area contributed by atoms with E-state index in [9.17, 15) is 4.79 Å². The molecule has 0 spiro atoms. The van der Waals surface area contributed by atoms with Crippen LogP contribution in [0.15, 0.2) is 42.5 Å². The average Bonchev–Trinajstić information content (AvgIpc) is 2.54. The zero-order chi connectivity index (χ0) is 14.7. The molecule has 0 saturated carbocycles. The van der Waals surface area contributed by atoms with E-state index in [0.717, 1.165) is 12.8 Å². The standard InChI is InChI=1S/C18H18O3/c1-20-16-8-4-7-15(12-16)18(19)21-17-10-9-13-5-2-3-6-14(13)11-17/h4,7-12H,2-3,5-6H2,1H3. The van der Waals surface area contributed by atoms with Gasteiger partial charge >= 0.3 is 5.97 Å². The fourth-order valence-corrected chi connectivity index (χ4v) is 2.69. The molecule has 0 amide bonds. The fraction of sp³-hybridized carbons (Fsp3) is 0.278. The van der Waals surface area contributed by atoms with Gasteiger partial charge in [-0.1, -0.05) is 12.1 Å². The Labute approximate surface area is 124 Å². The molecule has 108 valence electrons. The quantitative estimate of drug-likeness (QED) is 0.634. The molecule has 0 unspecified atom stereocenters. The molecule has 1 aliphatic rings. The summed E-state index contributed by atoms with van der Waals surface area (Å²) in [5, 5.41) is 0. The zero-order valence-corrected chi connectivity index (χ0v) is 12.1. The van der Waals surface area contributed by atoms with Crippen LogP contribution >= 0.6 is 0 Å². The topological polar surface area (TPSA) is 35.5 Å². The molecule has 1 aliphatic carbocycles. The zero-order valence-electron chi connectivity index (χ0n) is 12.1. The summed E-state index contributed by atoms with van der Waals surface area (Å²) >= 11 is 0. The molecule has 0 aliphatic heterocycles. The number of ether oxygens (including phenoxy) is 2. The number of hydrogen-bond donors (Lipinski definition) is 0. The lowest BCUT2D eigenvalue weighted by atomic mass is 9.92. The summed E-state index contributed by atoms with van der Waals surface area (Å²) in [5.41, 5.74) is 3.17. The summed E-state index contributed by atoms with van der Waals surface area (Å²) in [6.07, 6.45) is 4.65. The first-order valence-electron chi connectivity index (χ1n) is 7.24. The molecule has 0 aromatic heterocycles. The Morgan fingerprint density at radius 3 is 2.57 bits per heavy atom. The predicted molar refractivity (Wildman–Crippen MR) is 81.0 cm³/mol. The van der Waals surface area contributed by atoms with Crippen molar-refractivity contribution in [3.63, 3.8) is 0 Å². The van der Waals surface area contributed by atoms with Crippen molar-refractivity contribution >= 4 is 5.97 Å². The highest BCUT2D eigenvalue weighted by Gasteiger charge is 2.13. The Kier molecular flexibility index (Phi) is 3.91. The molecule has 3 rings (SSSR count). The lowest BCUT2D eigenvalue weighted by Crippen LogP contribution is -2.10. The fourth-order valence-electron chi connectivity index (χ4n) is 2.69. The highest BCUT2D eigenvalue weighted by atomic mass is 16.5. The third kappa shape index (κ3) is 3.07.